The van der Waals surface area contributed by atoms with Gasteiger partial charge < -0.3 is 29.7 Å². The van der Waals surface area contributed by atoms with Gasteiger partial charge in [0.25, 0.3) is 0 Å². The average molecular weight is 519 g/mol. The Morgan fingerprint density at radius 1 is 1.03 bits per heavy atom. The molecule has 3 N–H and O–H groups in total. The standard InChI is InChI=1S/C28H39FN2O6/c1-35-23-10-12-25(13-11-23)37-18-4-5-27(33)30-26(20-31-16-14-22(32)19-31)28(34)21-6-8-24(9-7-21)36-17-3-2-15-29/h6-13,22,26,28,32,34H,2-5,14-20H2,1H3,(H,30,33)/t22-,26-,28+/m1/s1. The Morgan fingerprint density at radius 3 is 2.24 bits per heavy atom. The van der Waals surface area contributed by atoms with Gasteiger partial charge in [-0.15, -0.1) is 0 Å². The van der Waals surface area contributed by atoms with Crippen molar-refractivity contribution in [3.63, 3.8) is 0 Å². The SMILES string of the molecule is COc1ccc(OCCCC(=O)N[C@H](CN2CC[C@@H](O)C2)[C@@H](O)c2ccc(OCCCCF)cc2)cc1. The molecule has 1 fully saturated rings. The monoisotopic (exact) mass is 518 g/mol. The number of benzene rings is 2. The number of aliphatic hydroxyl groups excluding tert-OH is 2. The first-order valence-electron chi connectivity index (χ1n) is 12.9. The van der Waals surface area contributed by atoms with E-state index in [1.165, 1.54) is 0 Å². The number of ether oxygens (including phenoxy) is 3. The first kappa shape index (κ1) is 28.7. The zero-order valence-electron chi connectivity index (χ0n) is 21.5. The molecule has 3 rings (SSSR count). The highest BCUT2D eigenvalue weighted by Crippen LogP contribution is 2.23. The largest absolute Gasteiger partial charge is 0.497 e. The van der Waals surface area contributed by atoms with Gasteiger partial charge in [-0.2, -0.15) is 0 Å². The van der Waals surface area contributed by atoms with Gasteiger partial charge in [0, 0.05) is 26.1 Å². The molecule has 2 aromatic carbocycles. The molecule has 9 heteroatoms. The third kappa shape index (κ3) is 9.83. The van der Waals surface area contributed by atoms with Crippen molar-refractivity contribution in [1.29, 1.82) is 0 Å². The number of amides is 1. The number of hydrogen-bond acceptors (Lipinski definition) is 7. The van der Waals surface area contributed by atoms with Crippen molar-refractivity contribution in [3.05, 3.63) is 54.1 Å². The topological polar surface area (TPSA) is 100 Å². The van der Waals surface area contributed by atoms with E-state index in [-0.39, 0.29) is 19.0 Å². The molecule has 1 amide bonds. The number of carbonyl (C=O) groups is 1. The molecule has 204 valence electrons. The fourth-order valence-corrected chi connectivity index (χ4v) is 4.23. The van der Waals surface area contributed by atoms with E-state index in [0.29, 0.717) is 75.6 Å². The molecule has 0 saturated carbocycles. The lowest BCUT2D eigenvalue weighted by Crippen LogP contribution is -2.47. The zero-order valence-corrected chi connectivity index (χ0v) is 21.5. The Labute approximate surface area is 218 Å². The number of nitrogens with zero attached hydrogens (tertiary/aromatic N) is 1. The summed E-state index contributed by atoms with van der Waals surface area (Å²) >= 11 is 0. The van der Waals surface area contributed by atoms with Crippen LogP contribution >= 0.6 is 0 Å². The van der Waals surface area contributed by atoms with Crippen LogP contribution in [0.25, 0.3) is 0 Å². The van der Waals surface area contributed by atoms with Crippen LogP contribution in [0.5, 0.6) is 17.2 Å². The van der Waals surface area contributed by atoms with Crippen LogP contribution in [0, 0.1) is 0 Å². The molecule has 0 aromatic heterocycles. The van der Waals surface area contributed by atoms with Crippen LogP contribution in [0.4, 0.5) is 4.39 Å². The van der Waals surface area contributed by atoms with Crippen molar-refractivity contribution >= 4 is 5.91 Å². The quantitative estimate of drug-likeness (QED) is 0.293. The van der Waals surface area contributed by atoms with Crippen molar-refractivity contribution in [3.8, 4) is 17.2 Å². The van der Waals surface area contributed by atoms with Crippen LogP contribution in [-0.2, 0) is 4.79 Å². The Hall–Kier alpha value is -2.88. The first-order valence-corrected chi connectivity index (χ1v) is 12.9. The fraction of sp³-hybridized carbons (Fsp3) is 0.536. The van der Waals surface area contributed by atoms with E-state index < -0.39 is 18.2 Å². The molecule has 0 spiro atoms. The minimum atomic E-state index is -0.933. The molecule has 0 unspecified atom stereocenters. The van der Waals surface area contributed by atoms with Crippen LogP contribution in [0.3, 0.4) is 0 Å². The highest BCUT2D eigenvalue weighted by atomic mass is 19.1. The van der Waals surface area contributed by atoms with Crippen LogP contribution < -0.4 is 19.5 Å². The Balaban J connectivity index is 1.52. The molecule has 1 saturated heterocycles. The van der Waals surface area contributed by atoms with Crippen LogP contribution in [0.15, 0.2) is 48.5 Å². The number of halogens is 1. The van der Waals surface area contributed by atoms with E-state index in [1.807, 2.05) is 29.2 Å². The smallest absolute Gasteiger partial charge is 0.220 e. The molecule has 8 nitrogen and oxygen atoms in total. The van der Waals surface area contributed by atoms with Gasteiger partial charge >= 0.3 is 0 Å². The summed E-state index contributed by atoms with van der Waals surface area (Å²) in [5.74, 6) is 1.93. The van der Waals surface area contributed by atoms with Gasteiger partial charge in [-0.25, -0.2) is 0 Å². The number of unbranched alkanes of at least 4 members (excludes halogenated alkanes) is 1. The van der Waals surface area contributed by atoms with Crippen molar-refractivity contribution in [1.82, 2.24) is 10.2 Å². The summed E-state index contributed by atoms with van der Waals surface area (Å²) in [6.45, 7) is 2.11. The number of alkyl halides is 1. The molecule has 1 aliphatic heterocycles. The maximum atomic E-state index is 12.7. The van der Waals surface area contributed by atoms with E-state index in [9.17, 15) is 19.4 Å². The summed E-state index contributed by atoms with van der Waals surface area (Å²) in [4.78, 5) is 14.8. The molecule has 3 atom stereocenters. The van der Waals surface area contributed by atoms with E-state index in [1.54, 1.807) is 31.4 Å². The van der Waals surface area contributed by atoms with E-state index in [4.69, 9.17) is 14.2 Å². The second-order valence-corrected chi connectivity index (χ2v) is 9.26. The maximum Gasteiger partial charge on any atom is 0.220 e. The fourth-order valence-electron chi connectivity index (χ4n) is 4.23. The Kier molecular flexibility index (Phi) is 11.9. The normalized spacial score (nSPS) is 17.2. The number of likely N-dealkylation sites (tertiary alicyclic amines) is 1. The predicted molar refractivity (Wildman–Crippen MR) is 139 cm³/mol. The highest BCUT2D eigenvalue weighted by molar-refractivity contribution is 5.76. The molecular formula is C28H39FN2O6. The molecular weight excluding hydrogens is 479 g/mol. The number of methoxy groups -OCH3 is 1. The van der Waals surface area contributed by atoms with Gasteiger partial charge in [0.1, 0.15) is 23.4 Å². The summed E-state index contributed by atoms with van der Waals surface area (Å²) in [5, 5.41) is 24.0. The molecule has 1 heterocycles. The summed E-state index contributed by atoms with van der Waals surface area (Å²) in [5.41, 5.74) is 0.656. The van der Waals surface area contributed by atoms with Gasteiger partial charge in [0.2, 0.25) is 5.91 Å². The number of aliphatic hydroxyl groups is 2. The van der Waals surface area contributed by atoms with Crippen molar-refractivity contribution in [2.75, 3.05) is 46.6 Å². The van der Waals surface area contributed by atoms with E-state index in [0.717, 1.165) is 5.75 Å². The van der Waals surface area contributed by atoms with E-state index >= 15 is 0 Å². The van der Waals surface area contributed by atoms with Crippen LogP contribution in [0.2, 0.25) is 0 Å². The lowest BCUT2D eigenvalue weighted by Gasteiger charge is -2.29. The van der Waals surface area contributed by atoms with Crippen molar-refractivity contribution < 1.29 is 33.6 Å². The second kappa shape index (κ2) is 15.4. The molecule has 0 radical (unpaired) electrons. The average Bonchev–Trinajstić information content (AvgIpc) is 3.33. The lowest BCUT2D eigenvalue weighted by atomic mass is 10.0. The molecule has 0 bridgehead atoms. The van der Waals surface area contributed by atoms with Crippen molar-refractivity contribution in [2.24, 2.45) is 0 Å². The van der Waals surface area contributed by atoms with Crippen molar-refractivity contribution in [2.45, 2.75) is 50.4 Å². The third-order valence-corrected chi connectivity index (χ3v) is 6.32. The minimum absolute atomic E-state index is 0.171. The third-order valence-electron chi connectivity index (χ3n) is 6.32. The van der Waals surface area contributed by atoms with Gasteiger partial charge in [0.15, 0.2) is 0 Å². The number of β-amino-alcohol motifs (C(OH)–C–C–N with tert-alkyl or cyclic N) is 1. The minimum Gasteiger partial charge on any atom is -0.497 e. The number of rotatable bonds is 16. The summed E-state index contributed by atoms with van der Waals surface area (Å²) in [6, 6.07) is 13.8. The predicted octanol–water partition coefficient (Wildman–Crippen LogP) is 3.27. The Bertz CT molecular complexity index is 927. The Morgan fingerprint density at radius 2 is 1.65 bits per heavy atom. The number of carbonyl (C=O) groups excluding carboxylic acids is 1. The zero-order chi connectivity index (χ0) is 26.5. The van der Waals surface area contributed by atoms with Gasteiger partial charge in [-0.1, -0.05) is 12.1 Å². The molecule has 2 aromatic rings. The summed E-state index contributed by atoms with van der Waals surface area (Å²) in [7, 11) is 1.60. The number of nitrogens with one attached hydrogen (secondary N) is 1. The summed E-state index contributed by atoms with van der Waals surface area (Å²) < 4.78 is 28.7. The van der Waals surface area contributed by atoms with Gasteiger partial charge in [-0.05, 0) is 67.6 Å². The highest BCUT2D eigenvalue weighted by Gasteiger charge is 2.28. The molecule has 0 aliphatic carbocycles. The molecule has 1 aliphatic rings. The maximum absolute atomic E-state index is 12.7. The van der Waals surface area contributed by atoms with Gasteiger partial charge in [-0.3, -0.25) is 14.1 Å². The molecule has 37 heavy (non-hydrogen) atoms. The van der Waals surface area contributed by atoms with E-state index in [2.05, 4.69) is 5.32 Å². The second-order valence-electron chi connectivity index (χ2n) is 9.26. The number of hydrogen-bond donors (Lipinski definition) is 3. The van der Waals surface area contributed by atoms with Crippen LogP contribution in [0.1, 0.15) is 43.8 Å². The first-order chi connectivity index (χ1) is 18.0. The summed E-state index contributed by atoms with van der Waals surface area (Å²) in [6.07, 6.45) is 1.24. The van der Waals surface area contributed by atoms with Gasteiger partial charge in [0.05, 0.1) is 39.1 Å². The lowest BCUT2D eigenvalue weighted by molar-refractivity contribution is -0.123. The van der Waals surface area contributed by atoms with Crippen LogP contribution in [-0.4, -0.2) is 79.8 Å².